The second kappa shape index (κ2) is 9.49. The Morgan fingerprint density at radius 3 is 2.58 bits per heavy atom. The van der Waals surface area contributed by atoms with Gasteiger partial charge in [-0.15, -0.1) is 0 Å². The average molecular weight is 451 g/mol. The van der Waals surface area contributed by atoms with Crippen LogP contribution in [0.1, 0.15) is 11.7 Å². The minimum absolute atomic E-state index is 0.0629. The monoisotopic (exact) mass is 451 g/mol. The molecule has 3 N–H and O–H groups in total. The predicted octanol–water partition coefficient (Wildman–Crippen LogP) is 4.22. The van der Waals surface area contributed by atoms with Crippen LogP contribution in [0.5, 0.6) is 17.2 Å². The van der Waals surface area contributed by atoms with Gasteiger partial charge >= 0.3 is 12.1 Å². The molecule has 1 amide bonds. The quantitative estimate of drug-likeness (QED) is 0.456. The van der Waals surface area contributed by atoms with E-state index in [1.807, 2.05) is 0 Å². The minimum Gasteiger partial charge on any atom is -0.507 e. The number of benzene rings is 3. The third kappa shape index (κ3) is 4.83. The van der Waals surface area contributed by atoms with Crippen LogP contribution in [-0.2, 0) is 14.3 Å². The highest BCUT2D eigenvalue weighted by Crippen LogP contribution is 2.36. The highest BCUT2D eigenvalue weighted by Gasteiger charge is 2.28. The first-order valence-electron chi connectivity index (χ1n) is 9.98. The van der Waals surface area contributed by atoms with Gasteiger partial charge in [0.15, 0.2) is 17.6 Å². The van der Waals surface area contributed by atoms with Crippen LogP contribution in [0.25, 0.3) is 10.8 Å². The van der Waals surface area contributed by atoms with E-state index in [2.05, 4.69) is 5.32 Å². The number of anilines is 1. The SMILES string of the molecule is CO[C@H](/C=C/C(=O)O)[C@H](OC(=O)Nc1ccc2c(c1)OCO2)c1ccc(O)c2ccccc12. The number of methoxy groups -OCH3 is 1. The summed E-state index contributed by atoms with van der Waals surface area (Å²) in [4.78, 5) is 23.9. The van der Waals surface area contributed by atoms with E-state index in [-0.39, 0.29) is 12.5 Å². The molecule has 9 heteroatoms. The van der Waals surface area contributed by atoms with Crippen molar-refractivity contribution in [2.45, 2.75) is 12.2 Å². The fraction of sp³-hybridized carbons (Fsp3) is 0.167. The normalized spacial score (nSPS) is 14.2. The zero-order chi connectivity index (χ0) is 23.4. The molecular formula is C24H21NO8. The number of ether oxygens (including phenoxy) is 4. The molecule has 0 aromatic heterocycles. The van der Waals surface area contributed by atoms with Crippen molar-refractivity contribution in [1.82, 2.24) is 0 Å². The van der Waals surface area contributed by atoms with Crippen molar-refractivity contribution in [3.63, 3.8) is 0 Å². The first-order valence-corrected chi connectivity index (χ1v) is 9.98. The van der Waals surface area contributed by atoms with Crippen molar-refractivity contribution >= 4 is 28.5 Å². The molecule has 0 saturated heterocycles. The topological polar surface area (TPSA) is 124 Å². The Bertz CT molecular complexity index is 1220. The van der Waals surface area contributed by atoms with Gasteiger partial charge in [-0.2, -0.15) is 0 Å². The van der Waals surface area contributed by atoms with Gasteiger partial charge in [-0.3, -0.25) is 5.32 Å². The number of fused-ring (bicyclic) bond motifs is 2. The van der Waals surface area contributed by atoms with Crippen LogP contribution in [0, 0.1) is 0 Å². The van der Waals surface area contributed by atoms with E-state index in [9.17, 15) is 14.7 Å². The van der Waals surface area contributed by atoms with Gasteiger partial charge in [0.25, 0.3) is 0 Å². The Morgan fingerprint density at radius 1 is 1.06 bits per heavy atom. The smallest absolute Gasteiger partial charge is 0.412 e. The molecule has 0 unspecified atom stereocenters. The molecule has 33 heavy (non-hydrogen) atoms. The number of phenols is 1. The maximum Gasteiger partial charge on any atom is 0.412 e. The Morgan fingerprint density at radius 2 is 1.82 bits per heavy atom. The zero-order valence-corrected chi connectivity index (χ0v) is 17.6. The predicted molar refractivity (Wildman–Crippen MR) is 119 cm³/mol. The molecule has 3 aromatic carbocycles. The van der Waals surface area contributed by atoms with Crippen molar-refractivity contribution in [3.8, 4) is 17.2 Å². The summed E-state index contributed by atoms with van der Waals surface area (Å²) in [7, 11) is 1.38. The standard InChI is InChI=1S/C24H21NO8/c1-30-20(10-11-22(27)28)23(17-7-8-18(26)16-5-3-2-4-15(16)17)33-24(29)25-14-6-9-19-21(12-14)32-13-31-19/h2-12,20,23,26H,13H2,1H3,(H,25,29)(H,27,28)/b11-10+/t20-,23-/m1/s1. The van der Waals surface area contributed by atoms with Crippen LogP contribution in [0.3, 0.4) is 0 Å². The lowest BCUT2D eigenvalue weighted by Crippen LogP contribution is -2.27. The van der Waals surface area contributed by atoms with Crippen LogP contribution in [0.4, 0.5) is 10.5 Å². The Hall–Kier alpha value is -4.24. The number of hydrogen-bond donors (Lipinski definition) is 3. The van der Waals surface area contributed by atoms with Crippen LogP contribution >= 0.6 is 0 Å². The van der Waals surface area contributed by atoms with Gasteiger partial charge in [0, 0.05) is 35.9 Å². The van der Waals surface area contributed by atoms with Crippen LogP contribution in [-0.4, -0.2) is 42.3 Å². The Labute approximate surface area is 188 Å². The summed E-state index contributed by atoms with van der Waals surface area (Å²) < 4.78 is 21.8. The molecular weight excluding hydrogens is 430 g/mol. The van der Waals surface area contributed by atoms with E-state index in [0.717, 1.165) is 6.08 Å². The molecule has 3 aromatic rings. The van der Waals surface area contributed by atoms with Crippen molar-refractivity contribution in [3.05, 3.63) is 72.3 Å². The lowest BCUT2D eigenvalue weighted by atomic mass is 9.96. The van der Waals surface area contributed by atoms with E-state index in [1.165, 1.54) is 19.3 Å². The van der Waals surface area contributed by atoms with Gasteiger partial charge in [-0.1, -0.05) is 30.3 Å². The molecule has 0 fully saturated rings. The van der Waals surface area contributed by atoms with Crippen LogP contribution in [0.15, 0.2) is 66.7 Å². The van der Waals surface area contributed by atoms with E-state index in [0.29, 0.717) is 33.5 Å². The number of hydrogen-bond acceptors (Lipinski definition) is 7. The zero-order valence-electron chi connectivity index (χ0n) is 17.6. The molecule has 0 spiro atoms. The summed E-state index contributed by atoms with van der Waals surface area (Å²) in [5.41, 5.74) is 0.958. The highest BCUT2D eigenvalue weighted by molar-refractivity contribution is 5.92. The number of carbonyl (C=O) groups is 2. The number of amides is 1. The summed E-state index contributed by atoms with van der Waals surface area (Å²) in [6.07, 6.45) is -0.519. The lowest BCUT2D eigenvalue weighted by molar-refractivity contribution is -0.131. The van der Waals surface area contributed by atoms with E-state index >= 15 is 0 Å². The van der Waals surface area contributed by atoms with Gasteiger partial charge in [-0.05, 0) is 29.7 Å². The molecule has 0 radical (unpaired) electrons. The third-order valence-corrected chi connectivity index (χ3v) is 5.09. The maximum atomic E-state index is 12.8. The number of aromatic hydroxyl groups is 1. The lowest BCUT2D eigenvalue weighted by Gasteiger charge is -2.25. The minimum atomic E-state index is -1.17. The molecule has 4 rings (SSSR count). The summed E-state index contributed by atoms with van der Waals surface area (Å²) in [6.45, 7) is 0.102. The van der Waals surface area contributed by atoms with E-state index < -0.39 is 24.3 Å². The first kappa shape index (κ1) is 22.0. The highest BCUT2D eigenvalue weighted by atomic mass is 16.7. The molecule has 0 aliphatic carbocycles. The molecule has 1 heterocycles. The molecule has 1 aliphatic heterocycles. The second-order valence-corrected chi connectivity index (χ2v) is 7.14. The number of aliphatic carboxylic acids is 1. The van der Waals surface area contributed by atoms with Crippen molar-refractivity contribution in [1.29, 1.82) is 0 Å². The first-order chi connectivity index (χ1) is 16.0. The van der Waals surface area contributed by atoms with Crippen LogP contribution < -0.4 is 14.8 Å². The van der Waals surface area contributed by atoms with Gasteiger partial charge in [0.1, 0.15) is 11.9 Å². The average Bonchev–Trinajstić information content (AvgIpc) is 3.27. The van der Waals surface area contributed by atoms with Crippen molar-refractivity contribution in [2.24, 2.45) is 0 Å². The fourth-order valence-electron chi connectivity index (χ4n) is 3.58. The second-order valence-electron chi connectivity index (χ2n) is 7.14. The largest absolute Gasteiger partial charge is 0.507 e. The molecule has 0 saturated carbocycles. The summed E-state index contributed by atoms with van der Waals surface area (Å²) in [6, 6.07) is 15.0. The van der Waals surface area contributed by atoms with Crippen LogP contribution in [0.2, 0.25) is 0 Å². The number of phenolic OH excluding ortho intramolecular Hbond substituents is 1. The fourth-order valence-corrected chi connectivity index (χ4v) is 3.58. The van der Waals surface area contributed by atoms with Gasteiger partial charge in [0.05, 0.1) is 0 Å². The number of carboxylic acids is 1. The van der Waals surface area contributed by atoms with Gasteiger partial charge in [-0.25, -0.2) is 9.59 Å². The number of rotatable bonds is 7. The Balaban J connectivity index is 1.67. The van der Waals surface area contributed by atoms with E-state index in [1.54, 1.807) is 48.5 Å². The number of carboxylic acid groups (broad SMARTS) is 1. The number of nitrogens with one attached hydrogen (secondary N) is 1. The summed E-state index contributed by atoms with van der Waals surface area (Å²) >= 11 is 0. The van der Waals surface area contributed by atoms with Crippen molar-refractivity contribution < 1.29 is 38.7 Å². The molecule has 1 aliphatic rings. The van der Waals surface area contributed by atoms with E-state index in [4.69, 9.17) is 24.1 Å². The van der Waals surface area contributed by atoms with Gasteiger partial charge < -0.3 is 29.2 Å². The molecule has 0 bridgehead atoms. The molecule has 170 valence electrons. The number of carbonyl (C=O) groups excluding carboxylic acids is 1. The summed E-state index contributed by atoms with van der Waals surface area (Å²) in [5.74, 6) is -0.0437. The Kier molecular flexibility index (Phi) is 6.32. The summed E-state index contributed by atoms with van der Waals surface area (Å²) in [5, 5.41) is 23.1. The van der Waals surface area contributed by atoms with Crippen molar-refractivity contribution in [2.75, 3.05) is 19.2 Å². The maximum absolute atomic E-state index is 12.8. The molecule has 2 atom stereocenters. The van der Waals surface area contributed by atoms with Gasteiger partial charge in [0.2, 0.25) is 6.79 Å². The molecule has 9 nitrogen and oxygen atoms in total. The third-order valence-electron chi connectivity index (χ3n) is 5.09.